The zero-order valence-corrected chi connectivity index (χ0v) is 19.1. The molecule has 0 unspecified atom stereocenters. The highest BCUT2D eigenvalue weighted by molar-refractivity contribution is 7.99. The summed E-state index contributed by atoms with van der Waals surface area (Å²) in [4.78, 5) is 26.8. The number of likely N-dealkylation sites (tertiary alicyclic amines) is 1. The van der Waals surface area contributed by atoms with Gasteiger partial charge in [-0.2, -0.15) is 0 Å². The predicted molar refractivity (Wildman–Crippen MR) is 126 cm³/mol. The molecule has 34 heavy (non-hydrogen) atoms. The summed E-state index contributed by atoms with van der Waals surface area (Å²) in [5, 5.41) is 14.3. The number of nitrogens with zero attached hydrogens (tertiary/aromatic N) is 2. The number of non-ortho nitro benzene ring substituents is 1. The van der Waals surface area contributed by atoms with Crippen molar-refractivity contribution in [3.8, 4) is 0 Å². The van der Waals surface area contributed by atoms with Gasteiger partial charge in [-0.1, -0.05) is 36.0 Å². The first kappa shape index (κ1) is 23.8. The molecular formula is C25H23F2N3O3S. The van der Waals surface area contributed by atoms with Crippen LogP contribution < -0.4 is 5.32 Å². The van der Waals surface area contributed by atoms with Gasteiger partial charge in [0.05, 0.1) is 10.5 Å². The number of carbonyl (C=O) groups is 1. The summed E-state index contributed by atoms with van der Waals surface area (Å²) in [6.45, 7) is 2.22. The lowest BCUT2D eigenvalue weighted by Gasteiger charge is -2.32. The molecule has 0 atom stereocenters. The van der Waals surface area contributed by atoms with Crippen molar-refractivity contribution < 1.29 is 18.5 Å². The van der Waals surface area contributed by atoms with Crippen molar-refractivity contribution >= 4 is 23.4 Å². The Morgan fingerprint density at radius 3 is 2.41 bits per heavy atom. The molecule has 0 saturated carbocycles. The molecular weight excluding hydrogens is 460 g/mol. The fourth-order valence-electron chi connectivity index (χ4n) is 3.89. The van der Waals surface area contributed by atoms with Gasteiger partial charge in [0.25, 0.3) is 11.6 Å². The van der Waals surface area contributed by atoms with Crippen LogP contribution in [0.5, 0.6) is 0 Å². The highest BCUT2D eigenvalue weighted by atomic mass is 32.2. The minimum absolute atomic E-state index is 0.0810. The zero-order valence-electron chi connectivity index (χ0n) is 18.2. The SMILES string of the molecule is O=C(NC1CCN(Cc2ccc(F)cc2)CC1)c1cc([N+](=O)[O-])ccc1Sc1ccccc1F. The van der Waals surface area contributed by atoms with Crippen molar-refractivity contribution in [2.45, 2.75) is 35.2 Å². The van der Waals surface area contributed by atoms with Crippen LogP contribution in [0.25, 0.3) is 0 Å². The van der Waals surface area contributed by atoms with E-state index < -0.39 is 16.6 Å². The fourth-order valence-corrected chi connectivity index (χ4v) is 4.84. The highest BCUT2D eigenvalue weighted by Crippen LogP contribution is 2.34. The third-order valence-electron chi connectivity index (χ3n) is 5.72. The number of halogens is 2. The second-order valence-electron chi connectivity index (χ2n) is 8.12. The van der Waals surface area contributed by atoms with Crippen LogP contribution in [0.2, 0.25) is 0 Å². The first-order chi connectivity index (χ1) is 16.4. The quantitative estimate of drug-likeness (QED) is 0.359. The Bertz CT molecular complexity index is 1180. The summed E-state index contributed by atoms with van der Waals surface area (Å²) >= 11 is 1.06. The van der Waals surface area contributed by atoms with Crippen LogP contribution in [0, 0.1) is 21.7 Å². The third kappa shape index (κ3) is 5.98. The van der Waals surface area contributed by atoms with E-state index in [0.29, 0.717) is 16.3 Å². The van der Waals surface area contributed by atoms with Gasteiger partial charge in [0.2, 0.25) is 0 Å². The van der Waals surface area contributed by atoms with Gasteiger partial charge in [-0.3, -0.25) is 19.8 Å². The van der Waals surface area contributed by atoms with Crippen LogP contribution in [0.15, 0.2) is 76.5 Å². The van der Waals surface area contributed by atoms with Crippen LogP contribution in [0.3, 0.4) is 0 Å². The predicted octanol–water partition coefficient (Wildman–Crippen LogP) is 5.42. The van der Waals surface area contributed by atoms with Crippen LogP contribution in [0.1, 0.15) is 28.8 Å². The monoisotopic (exact) mass is 483 g/mol. The van der Waals surface area contributed by atoms with E-state index in [1.165, 1.54) is 36.4 Å². The van der Waals surface area contributed by atoms with E-state index in [4.69, 9.17) is 0 Å². The Kier molecular flexibility index (Phi) is 7.54. The summed E-state index contributed by atoms with van der Waals surface area (Å²) in [5.41, 5.74) is 0.976. The Morgan fingerprint density at radius 1 is 1.03 bits per heavy atom. The van der Waals surface area contributed by atoms with E-state index in [9.17, 15) is 23.7 Å². The lowest BCUT2D eigenvalue weighted by atomic mass is 10.0. The van der Waals surface area contributed by atoms with E-state index in [0.717, 1.165) is 43.3 Å². The maximum absolute atomic E-state index is 14.1. The minimum atomic E-state index is -0.553. The first-order valence-electron chi connectivity index (χ1n) is 10.9. The van der Waals surface area contributed by atoms with Crippen molar-refractivity contribution in [2.24, 2.45) is 0 Å². The van der Waals surface area contributed by atoms with Gasteiger partial charge in [-0.05, 0) is 48.7 Å². The van der Waals surface area contributed by atoms with Crippen LogP contribution in [-0.4, -0.2) is 34.9 Å². The number of nitro benzene ring substituents is 1. The molecule has 0 aromatic heterocycles. The molecule has 0 aliphatic carbocycles. The molecule has 1 aliphatic rings. The average Bonchev–Trinajstić information content (AvgIpc) is 2.83. The number of carbonyl (C=O) groups excluding carboxylic acids is 1. The smallest absolute Gasteiger partial charge is 0.270 e. The molecule has 0 spiro atoms. The molecule has 1 fully saturated rings. The molecule has 1 heterocycles. The highest BCUT2D eigenvalue weighted by Gasteiger charge is 2.24. The van der Waals surface area contributed by atoms with E-state index >= 15 is 0 Å². The lowest BCUT2D eigenvalue weighted by Crippen LogP contribution is -2.44. The Balaban J connectivity index is 1.42. The van der Waals surface area contributed by atoms with E-state index in [1.54, 1.807) is 30.3 Å². The summed E-state index contributed by atoms with van der Waals surface area (Å²) in [6, 6.07) is 16.6. The van der Waals surface area contributed by atoms with E-state index in [-0.39, 0.29) is 23.1 Å². The number of hydrogen-bond acceptors (Lipinski definition) is 5. The maximum atomic E-state index is 14.1. The second kappa shape index (κ2) is 10.8. The summed E-state index contributed by atoms with van der Waals surface area (Å²) in [6.07, 6.45) is 1.44. The zero-order chi connectivity index (χ0) is 24.1. The Hall–Kier alpha value is -3.30. The number of piperidine rings is 1. The van der Waals surface area contributed by atoms with E-state index in [2.05, 4.69) is 10.2 Å². The van der Waals surface area contributed by atoms with Crippen molar-refractivity contribution in [1.29, 1.82) is 0 Å². The molecule has 0 radical (unpaired) electrons. The minimum Gasteiger partial charge on any atom is -0.349 e. The van der Waals surface area contributed by atoms with Gasteiger partial charge in [-0.15, -0.1) is 0 Å². The molecule has 176 valence electrons. The number of hydrogen-bond donors (Lipinski definition) is 1. The van der Waals surface area contributed by atoms with E-state index in [1.807, 2.05) is 0 Å². The summed E-state index contributed by atoms with van der Waals surface area (Å²) < 4.78 is 27.3. The normalized spacial score (nSPS) is 14.6. The number of nitro groups is 1. The van der Waals surface area contributed by atoms with Crippen LogP contribution >= 0.6 is 11.8 Å². The third-order valence-corrected chi connectivity index (χ3v) is 6.84. The summed E-state index contributed by atoms with van der Waals surface area (Å²) in [7, 11) is 0. The molecule has 3 aromatic rings. The van der Waals surface area contributed by atoms with Gasteiger partial charge in [0.1, 0.15) is 11.6 Å². The number of nitrogens with one attached hydrogen (secondary N) is 1. The topological polar surface area (TPSA) is 75.5 Å². The Labute approximate surface area is 200 Å². The number of rotatable bonds is 7. The van der Waals surface area contributed by atoms with Crippen molar-refractivity contribution in [2.75, 3.05) is 13.1 Å². The first-order valence-corrected chi connectivity index (χ1v) is 11.7. The lowest BCUT2D eigenvalue weighted by molar-refractivity contribution is -0.384. The average molecular weight is 484 g/mol. The van der Waals surface area contributed by atoms with Gasteiger partial charge < -0.3 is 5.32 Å². The largest absolute Gasteiger partial charge is 0.349 e. The molecule has 1 amide bonds. The molecule has 6 nitrogen and oxygen atoms in total. The van der Waals surface area contributed by atoms with Gasteiger partial charge in [0.15, 0.2) is 0 Å². The standard InChI is InChI=1S/C25H23F2N3O3S/c26-18-7-5-17(6-8-18)16-29-13-11-19(12-14-29)28-25(31)21-15-20(30(32)33)9-10-23(21)34-24-4-2-1-3-22(24)27/h1-10,15,19H,11-14,16H2,(H,28,31). The van der Waals surface area contributed by atoms with Crippen molar-refractivity contribution in [3.63, 3.8) is 0 Å². The molecule has 1 saturated heterocycles. The van der Waals surface area contributed by atoms with Gasteiger partial charge in [-0.25, -0.2) is 8.78 Å². The summed E-state index contributed by atoms with van der Waals surface area (Å²) in [5.74, 6) is -1.11. The fraction of sp³-hybridized carbons (Fsp3) is 0.240. The molecule has 1 aliphatic heterocycles. The molecule has 1 N–H and O–H groups in total. The Morgan fingerprint density at radius 2 is 1.74 bits per heavy atom. The maximum Gasteiger partial charge on any atom is 0.270 e. The van der Waals surface area contributed by atoms with Gasteiger partial charge >= 0.3 is 0 Å². The number of amides is 1. The number of benzene rings is 3. The van der Waals surface area contributed by atoms with Crippen molar-refractivity contribution in [3.05, 3.63) is 99.6 Å². The second-order valence-corrected chi connectivity index (χ2v) is 9.20. The van der Waals surface area contributed by atoms with Crippen LogP contribution in [0.4, 0.5) is 14.5 Å². The van der Waals surface area contributed by atoms with Gasteiger partial charge in [0, 0.05) is 47.6 Å². The molecule has 0 bridgehead atoms. The molecule has 4 rings (SSSR count). The molecule has 3 aromatic carbocycles. The van der Waals surface area contributed by atoms with Crippen molar-refractivity contribution in [1.82, 2.24) is 10.2 Å². The van der Waals surface area contributed by atoms with Crippen LogP contribution in [-0.2, 0) is 6.54 Å². The molecule has 9 heteroatoms.